The van der Waals surface area contributed by atoms with Crippen LogP contribution in [0.5, 0.6) is 5.75 Å². The second kappa shape index (κ2) is 10.0. The molecule has 10 heteroatoms. The summed E-state index contributed by atoms with van der Waals surface area (Å²) in [5.41, 5.74) is 4.75. The molecule has 0 aliphatic rings. The maximum Gasteiger partial charge on any atom is 0.330 e. The van der Waals surface area contributed by atoms with Gasteiger partial charge in [-0.15, -0.1) is 0 Å². The van der Waals surface area contributed by atoms with Gasteiger partial charge in [0, 0.05) is 24.2 Å². The lowest BCUT2D eigenvalue weighted by Gasteiger charge is -2.26. The molecule has 0 bridgehead atoms. The van der Waals surface area contributed by atoms with Crippen LogP contribution in [0.15, 0.2) is 27.8 Å². The highest BCUT2D eigenvalue weighted by Gasteiger charge is 2.25. The average molecular weight is 457 g/mol. The number of anilines is 2. The number of aromatic nitrogens is 2. The van der Waals surface area contributed by atoms with E-state index in [1.165, 1.54) is 15.5 Å². The number of H-pyrrole nitrogens is 1. The van der Waals surface area contributed by atoms with E-state index in [4.69, 9.17) is 33.7 Å². The van der Waals surface area contributed by atoms with Crippen molar-refractivity contribution in [3.8, 4) is 5.75 Å². The zero-order valence-corrected chi connectivity index (χ0v) is 18.9. The lowest BCUT2D eigenvalue weighted by atomic mass is 10.2. The highest BCUT2D eigenvalue weighted by molar-refractivity contribution is 6.34. The number of aromatic amines is 1. The first-order chi connectivity index (χ1) is 14.0. The first-order valence-electron chi connectivity index (χ1n) is 9.52. The number of amides is 1. The normalized spacial score (nSPS) is 11.2. The predicted octanol–water partition coefficient (Wildman–Crippen LogP) is 3.15. The fourth-order valence-corrected chi connectivity index (χ4v) is 3.21. The van der Waals surface area contributed by atoms with Crippen LogP contribution in [0.2, 0.25) is 10.0 Å². The molecule has 0 saturated carbocycles. The zero-order chi connectivity index (χ0) is 22.6. The number of nitrogens with two attached hydrogens (primary N) is 1. The van der Waals surface area contributed by atoms with Crippen molar-refractivity contribution < 1.29 is 9.53 Å². The molecule has 1 aromatic carbocycles. The third-order valence-corrected chi connectivity index (χ3v) is 4.67. The number of halogens is 2. The molecule has 0 aliphatic carbocycles. The molecule has 0 fully saturated rings. The van der Waals surface area contributed by atoms with Crippen molar-refractivity contribution in [2.45, 2.75) is 34.2 Å². The average Bonchev–Trinajstić information content (AvgIpc) is 2.64. The Kier molecular flexibility index (Phi) is 7.97. The van der Waals surface area contributed by atoms with Gasteiger partial charge in [0.2, 0.25) is 0 Å². The molecule has 0 saturated heterocycles. The number of benzene rings is 1. The number of carbonyl (C=O) groups excluding carboxylic acids is 1. The third-order valence-electron chi connectivity index (χ3n) is 4.12. The summed E-state index contributed by atoms with van der Waals surface area (Å²) in [6.07, 6.45) is 0. The van der Waals surface area contributed by atoms with Crippen molar-refractivity contribution in [2.24, 2.45) is 11.8 Å². The lowest BCUT2D eigenvalue weighted by Crippen LogP contribution is -2.44. The summed E-state index contributed by atoms with van der Waals surface area (Å²) >= 11 is 12.0. The van der Waals surface area contributed by atoms with Crippen LogP contribution in [0.3, 0.4) is 0 Å². The molecule has 0 unspecified atom stereocenters. The Balaban J connectivity index is 2.42. The highest BCUT2D eigenvalue weighted by Crippen LogP contribution is 2.28. The number of rotatable bonds is 8. The molecule has 1 heterocycles. The topological polar surface area (TPSA) is 110 Å². The molecule has 164 valence electrons. The Morgan fingerprint density at radius 3 is 2.47 bits per heavy atom. The van der Waals surface area contributed by atoms with E-state index in [2.05, 4.69) is 4.98 Å². The molecule has 8 nitrogen and oxygen atoms in total. The molecule has 1 aromatic heterocycles. The molecule has 0 radical (unpaired) electrons. The van der Waals surface area contributed by atoms with Crippen LogP contribution < -0.4 is 26.6 Å². The van der Waals surface area contributed by atoms with Crippen LogP contribution in [0, 0.1) is 11.8 Å². The first kappa shape index (κ1) is 23.8. The maximum atomic E-state index is 13.0. The van der Waals surface area contributed by atoms with Gasteiger partial charge in [0.1, 0.15) is 11.6 Å². The number of hydrogen-bond donors (Lipinski definition) is 2. The van der Waals surface area contributed by atoms with E-state index >= 15 is 0 Å². The summed E-state index contributed by atoms with van der Waals surface area (Å²) in [7, 11) is 0. The van der Waals surface area contributed by atoms with Crippen LogP contribution in [0.4, 0.5) is 11.5 Å². The van der Waals surface area contributed by atoms with Crippen LogP contribution in [0.1, 0.15) is 27.7 Å². The fraction of sp³-hybridized carbons (Fsp3) is 0.450. The molecule has 30 heavy (non-hydrogen) atoms. The van der Waals surface area contributed by atoms with Crippen molar-refractivity contribution in [1.29, 1.82) is 0 Å². The summed E-state index contributed by atoms with van der Waals surface area (Å²) in [6.45, 7) is 7.72. The minimum absolute atomic E-state index is 0.0213. The number of hydrogen-bond acceptors (Lipinski definition) is 5. The van der Waals surface area contributed by atoms with Gasteiger partial charge in [-0.25, -0.2) is 4.79 Å². The molecule has 1 amide bonds. The Morgan fingerprint density at radius 2 is 1.87 bits per heavy atom. The van der Waals surface area contributed by atoms with Gasteiger partial charge in [0.25, 0.3) is 11.5 Å². The summed E-state index contributed by atoms with van der Waals surface area (Å²) in [5, 5.41) is 0.702. The lowest BCUT2D eigenvalue weighted by molar-refractivity contribution is -0.120. The van der Waals surface area contributed by atoms with Crippen molar-refractivity contribution in [3.05, 3.63) is 49.1 Å². The molecule has 0 atom stereocenters. The number of ether oxygens (including phenoxy) is 1. The second-order valence-corrected chi connectivity index (χ2v) is 8.60. The highest BCUT2D eigenvalue weighted by atomic mass is 35.5. The monoisotopic (exact) mass is 456 g/mol. The van der Waals surface area contributed by atoms with Gasteiger partial charge in [-0.05, 0) is 24.0 Å². The van der Waals surface area contributed by atoms with Gasteiger partial charge < -0.3 is 15.4 Å². The summed E-state index contributed by atoms with van der Waals surface area (Å²) in [6, 6.07) is 4.65. The van der Waals surface area contributed by atoms with E-state index in [0.717, 1.165) is 0 Å². The van der Waals surface area contributed by atoms with Crippen LogP contribution in [-0.2, 0) is 11.3 Å². The largest absolute Gasteiger partial charge is 0.482 e. The number of nitrogen functional groups attached to an aromatic ring is 1. The van der Waals surface area contributed by atoms with Gasteiger partial charge in [0.05, 0.1) is 5.02 Å². The number of nitrogens with zero attached hydrogens (tertiary/aromatic N) is 2. The van der Waals surface area contributed by atoms with Crippen molar-refractivity contribution >= 4 is 40.6 Å². The van der Waals surface area contributed by atoms with Crippen molar-refractivity contribution in [2.75, 3.05) is 23.8 Å². The van der Waals surface area contributed by atoms with Crippen molar-refractivity contribution in [3.63, 3.8) is 0 Å². The Bertz CT molecular complexity index is 1030. The van der Waals surface area contributed by atoms with E-state index in [-0.39, 0.29) is 35.6 Å². The van der Waals surface area contributed by atoms with E-state index in [1.54, 1.807) is 12.1 Å². The van der Waals surface area contributed by atoms with E-state index in [1.807, 2.05) is 27.7 Å². The smallest absolute Gasteiger partial charge is 0.330 e. The predicted molar refractivity (Wildman–Crippen MR) is 120 cm³/mol. The molecule has 2 aromatic rings. The summed E-state index contributed by atoms with van der Waals surface area (Å²) in [5.74, 6) is -0.202. The van der Waals surface area contributed by atoms with Gasteiger partial charge in [0.15, 0.2) is 12.3 Å². The van der Waals surface area contributed by atoms with Gasteiger partial charge in [-0.1, -0.05) is 50.9 Å². The van der Waals surface area contributed by atoms with E-state index in [0.29, 0.717) is 16.6 Å². The van der Waals surface area contributed by atoms with Crippen LogP contribution in [-0.4, -0.2) is 28.6 Å². The minimum Gasteiger partial charge on any atom is -0.482 e. The molecular weight excluding hydrogens is 431 g/mol. The fourth-order valence-electron chi connectivity index (χ4n) is 2.87. The van der Waals surface area contributed by atoms with Crippen LogP contribution in [0.25, 0.3) is 0 Å². The maximum absolute atomic E-state index is 13.0. The second-order valence-electron chi connectivity index (χ2n) is 7.76. The molecule has 3 N–H and O–H groups in total. The van der Waals surface area contributed by atoms with Gasteiger partial charge in [-0.2, -0.15) is 0 Å². The Hall–Kier alpha value is -2.45. The Morgan fingerprint density at radius 1 is 1.20 bits per heavy atom. The molecule has 0 aliphatic heterocycles. The van der Waals surface area contributed by atoms with Gasteiger partial charge in [-0.3, -0.25) is 19.1 Å². The first-order valence-corrected chi connectivity index (χ1v) is 10.3. The SMILES string of the molecule is CC(C)CN(C(=O)COc1cc(Cl)ccc1Cl)c1c(N)n(CC(C)C)c(=O)[nH]c1=O. The van der Waals surface area contributed by atoms with E-state index < -0.39 is 23.8 Å². The summed E-state index contributed by atoms with van der Waals surface area (Å²) < 4.78 is 6.79. The van der Waals surface area contributed by atoms with E-state index in [9.17, 15) is 14.4 Å². The minimum atomic E-state index is -0.729. The third kappa shape index (κ3) is 5.79. The molecule has 0 spiro atoms. The standard InChI is InChI=1S/C20H26Cl2N4O4/c1-11(2)8-25(16(27)10-30-15-7-13(21)5-6-14(15)22)17-18(23)26(9-12(3)4)20(29)24-19(17)28/h5-7,11-12H,8-10,23H2,1-4H3,(H,24,28,29). The molecule has 2 rings (SSSR count). The van der Waals surface area contributed by atoms with Crippen LogP contribution >= 0.6 is 23.2 Å². The quantitative estimate of drug-likeness (QED) is 0.633. The zero-order valence-electron chi connectivity index (χ0n) is 17.4. The number of nitrogens with one attached hydrogen (secondary N) is 1. The summed E-state index contributed by atoms with van der Waals surface area (Å²) in [4.78, 5) is 41.3. The van der Waals surface area contributed by atoms with Gasteiger partial charge >= 0.3 is 5.69 Å². The Labute approximate surface area is 184 Å². The molecular formula is C20H26Cl2N4O4. The van der Waals surface area contributed by atoms with Crippen molar-refractivity contribution in [1.82, 2.24) is 9.55 Å². The number of carbonyl (C=O) groups is 1.